The zero-order valence-electron chi connectivity index (χ0n) is 18.5. The summed E-state index contributed by atoms with van der Waals surface area (Å²) in [6.07, 6.45) is 2.07. The lowest BCUT2D eigenvalue weighted by atomic mass is 9.73. The van der Waals surface area contributed by atoms with Gasteiger partial charge in [-0.2, -0.15) is 5.26 Å². The van der Waals surface area contributed by atoms with Crippen LogP contribution in [0.4, 0.5) is 5.69 Å². The van der Waals surface area contributed by atoms with Crippen molar-refractivity contribution in [3.8, 4) is 11.8 Å². The molecule has 2 aromatic carbocycles. The molecule has 1 saturated heterocycles. The summed E-state index contributed by atoms with van der Waals surface area (Å²) in [4.78, 5) is 15.5. The Balaban J connectivity index is 1.19. The molecule has 0 bridgehead atoms. The molecule has 33 heavy (non-hydrogen) atoms. The van der Waals surface area contributed by atoms with Crippen LogP contribution in [0.2, 0.25) is 0 Å². The number of sulfonamides is 1. The van der Waals surface area contributed by atoms with E-state index in [0.717, 1.165) is 36.4 Å². The lowest BCUT2D eigenvalue weighted by Crippen LogP contribution is -2.47. The van der Waals surface area contributed by atoms with Crippen molar-refractivity contribution >= 4 is 21.6 Å². The van der Waals surface area contributed by atoms with Gasteiger partial charge in [0.15, 0.2) is 0 Å². The highest BCUT2D eigenvalue weighted by atomic mass is 32.2. The van der Waals surface area contributed by atoms with Crippen LogP contribution in [0.1, 0.15) is 29.5 Å². The number of rotatable bonds is 4. The molecule has 3 aliphatic rings. The SMILES string of the molecule is CN1CCc2cc(OCCN3CCC4(CC3)C(=O)Nc3ccc(C#N)cc34)ccc2S1(=O)=O. The molecular weight excluding hydrogens is 440 g/mol. The molecule has 3 heterocycles. The number of benzene rings is 2. The summed E-state index contributed by atoms with van der Waals surface area (Å²) in [5.41, 5.74) is 2.57. The average Bonchev–Trinajstić information content (AvgIpc) is 3.08. The highest BCUT2D eigenvalue weighted by molar-refractivity contribution is 7.89. The molecule has 5 rings (SSSR count). The predicted molar refractivity (Wildman–Crippen MR) is 123 cm³/mol. The number of likely N-dealkylation sites (tertiary alicyclic amines) is 1. The number of amides is 1. The number of carbonyl (C=O) groups is 1. The van der Waals surface area contributed by atoms with Gasteiger partial charge < -0.3 is 10.1 Å². The number of likely N-dealkylation sites (N-methyl/N-ethyl adjacent to an activating group) is 1. The van der Waals surface area contributed by atoms with Crippen molar-refractivity contribution in [2.24, 2.45) is 0 Å². The summed E-state index contributed by atoms with van der Waals surface area (Å²) in [6.45, 7) is 3.21. The summed E-state index contributed by atoms with van der Waals surface area (Å²) < 4.78 is 32.1. The van der Waals surface area contributed by atoms with Crippen LogP contribution in [-0.4, -0.2) is 63.4 Å². The fourth-order valence-corrected chi connectivity index (χ4v) is 6.49. The first-order chi connectivity index (χ1) is 15.8. The minimum atomic E-state index is -3.40. The first-order valence-electron chi connectivity index (χ1n) is 11.1. The van der Waals surface area contributed by atoms with Crippen LogP contribution in [0.25, 0.3) is 0 Å². The maximum absolute atomic E-state index is 12.8. The van der Waals surface area contributed by atoms with Crippen LogP contribution in [0, 0.1) is 11.3 Å². The van der Waals surface area contributed by atoms with E-state index in [2.05, 4.69) is 16.3 Å². The normalized spacial score (nSPS) is 21.2. The number of nitriles is 1. The van der Waals surface area contributed by atoms with Crippen LogP contribution in [0.3, 0.4) is 0 Å². The molecule has 172 valence electrons. The Bertz CT molecular complexity index is 1260. The van der Waals surface area contributed by atoms with Crippen LogP contribution < -0.4 is 10.1 Å². The van der Waals surface area contributed by atoms with E-state index in [4.69, 9.17) is 4.74 Å². The van der Waals surface area contributed by atoms with E-state index >= 15 is 0 Å². The molecule has 0 radical (unpaired) electrons. The summed E-state index contributed by atoms with van der Waals surface area (Å²) >= 11 is 0. The quantitative estimate of drug-likeness (QED) is 0.740. The Labute approximate surface area is 193 Å². The van der Waals surface area contributed by atoms with Crippen LogP contribution in [0.15, 0.2) is 41.3 Å². The van der Waals surface area contributed by atoms with Crippen LogP contribution in [0.5, 0.6) is 5.75 Å². The van der Waals surface area contributed by atoms with Gasteiger partial charge in [-0.1, -0.05) is 0 Å². The molecule has 8 nitrogen and oxygen atoms in total. The van der Waals surface area contributed by atoms with Gasteiger partial charge in [-0.15, -0.1) is 0 Å². The third-order valence-electron chi connectivity index (χ3n) is 7.15. The van der Waals surface area contributed by atoms with Gasteiger partial charge in [0.1, 0.15) is 12.4 Å². The number of nitrogens with one attached hydrogen (secondary N) is 1. The zero-order valence-corrected chi connectivity index (χ0v) is 19.3. The number of hydrogen-bond donors (Lipinski definition) is 1. The molecule has 9 heteroatoms. The van der Waals surface area contributed by atoms with E-state index in [-0.39, 0.29) is 5.91 Å². The largest absolute Gasteiger partial charge is 0.492 e. The van der Waals surface area contributed by atoms with E-state index in [1.165, 1.54) is 4.31 Å². The second-order valence-electron chi connectivity index (χ2n) is 8.94. The number of nitrogens with zero attached hydrogens (tertiary/aromatic N) is 3. The van der Waals surface area contributed by atoms with Crippen molar-refractivity contribution in [2.75, 3.05) is 45.2 Å². The highest BCUT2D eigenvalue weighted by Crippen LogP contribution is 2.45. The Morgan fingerprint density at radius 1 is 1.15 bits per heavy atom. The fourth-order valence-electron chi connectivity index (χ4n) is 5.09. The van der Waals surface area contributed by atoms with Crippen LogP contribution in [-0.2, 0) is 26.7 Å². The first kappa shape index (κ1) is 21.9. The summed E-state index contributed by atoms with van der Waals surface area (Å²) in [6, 6.07) is 12.8. The average molecular weight is 467 g/mol. The predicted octanol–water partition coefficient (Wildman–Crippen LogP) is 2.10. The molecule has 1 fully saturated rings. The number of carbonyl (C=O) groups excluding carboxylic acids is 1. The molecule has 0 aromatic heterocycles. The molecule has 0 atom stereocenters. The molecular formula is C24H26N4O4S. The lowest BCUT2D eigenvalue weighted by Gasteiger charge is -2.38. The maximum atomic E-state index is 12.8. The van der Waals surface area contributed by atoms with Crippen molar-refractivity contribution in [1.29, 1.82) is 5.26 Å². The van der Waals surface area contributed by atoms with E-state index in [9.17, 15) is 18.5 Å². The summed E-state index contributed by atoms with van der Waals surface area (Å²) in [5, 5.41) is 12.2. The van der Waals surface area contributed by atoms with E-state index in [1.807, 2.05) is 18.2 Å². The maximum Gasteiger partial charge on any atom is 0.243 e. The number of fused-ring (bicyclic) bond motifs is 3. The van der Waals surface area contributed by atoms with Crippen molar-refractivity contribution in [3.05, 3.63) is 53.1 Å². The summed E-state index contributed by atoms with van der Waals surface area (Å²) in [7, 11) is -1.80. The lowest BCUT2D eigenvalue weighted by molar-refractivity contribution is -0.122. The molecule has 2 aromatic rings. The standard InChI is InChI=1S/C24H26N4O4S/c1-27-9-6-18-15-19(3-5-22(18)33(27,30)31)32-13-12-28-10-7-24(8-11-28)20-14-17(16-25)2-4-21(20)26-23(24)29/h2-5,14-15H,6-13H2,1H3,(H,26,29). The number of hydrogen-bond acceptors (Lipinski definition) is 6. The third kappa shape index (κ3) is 3.68. The molecule has 0 unspecified atom stereocenters. The molecule has 1 spiro atoms. The Morgan fingerprint density at radius 2 is 1.94 bits per heavy atom. The van der Waals surface area contributed by atoms with Gasteiger partial charge >= 0.3 is 0 Å². The minimum Gasteiger partial charge on any atom is -0.492 e. The van der Waals surface area contributed by atoms with E-state index < -0.39 is 15.4 Å². The van der Waals surface area contributed by atoms with E-state index in [1.54, 1.807) is 25.2 Å². The Morgan fingerprint density at radius 3 is 2.70 bits per heavy atom. The van der Waals surface area contributed by atoms with Gasteiger partial charge in [0.2, 0.25) is 15.9 Å². The molecule has 3 aliphatic heterocycles. The van der Waals surface area contributed by atoms with Crippen molar-refractivity contribution in [3.63, 3.8) is 0 Å². The van der Waals surface area contributed by atoms with Crippen molar-refractivity contribution in [1.82, 2.24) is 9.21 Å². The van der Waals surface area contributed by atoms with Gasteiger partial charge in [-0.3, -0.25) is 9.69 Å². The number of ether oxygens (including phenoxy) is 1. The third-order valence-corrected chi connectivity index (χ3v) is 9.11. The fraction of sp³-hybridized carbons (Fsp3) is 0.417. The van der Waals surface area contributed by atoms with Crippen molar-refractivity contribution in [2.45, 2.75) is 29.6 Å². The van der Waals surface area contributed by atoms with E-state index in [0.29, 0.717) is 48.6 Å². The smallest absolute Gasteiger partial charge is 0.243 e. The van der Waals surface area contributed by atoms with Gasteiger partial charge in [-0.25, -0.2) is 12.7 Å². The molecule has 1 amide bonds. The van der Waals surface area contributed by atoms with Crippen LogP contribution >= 0.6 is 0 Å². The van der Waals surface area contributed by atoms with Gasteiger partial charge in [0.05, 0.1) is 21.9 Å². The Kier molecular flexibility index (Phi) is 5.40. The second-order valence-corrected chi connectivity index (χ2v) is 11.0. The van der Waals surface area contributed by atoms with Crippen molar-refractivity contribution < 1.29 is 17.9 Å². The summed E-state index contributed by atoms with van der Waals surface area (Å²) in [5.74, 6) is 0.702. The number of anilines is 1. The van der Waals surface area contributed by atoms with Gasteiger partial charge in [-0.05, 0) is 79.9 Å². The minimum absolute atomic E-state index is 0.0261. The molecule has 0 saturated carbocycles. The number of piperidine rings is 1. The second kappa shape index (κ2) is 8.13. The monoisotopic (exact) mass is 466 g/mol. The topological polar surface area (TPSA) is 103 Å². The zero-order chi connectivity index (χ0) is 23.2. The molecule has 1 N–H and O–H groups in total. The van der Waals surface area contributed by atoms with Gasteiger partial charge in [0.25, 0.3) is 0 Å². The first-order valence-corrected chi connectivity index (χ1v) is 12.6. The Hall–Kier alpha value is -2.93. The highest BCUT2D eigenvalue weighted by Gasteiger charge is 2.48. The molecule has 0 aliphatic carbocycles. The van der Waals surface area contributed by atoms with Gasteiger partial charge in [0, 0.05) is 25.8 Å².